The van der Waals surface area contributed by atoms with E-state index in [1.165, 1.54) is 0 Å². The number of rotatable bonds is 3. The summed E-state index contributed by atoms with van der Waals surface area (Å²) in [7, 11) is 0. The zero-order chi connectivity index (χ0) is 13.9. The van der Waals surface area contributed by atoms with Crippen LogP contribution in [0.15, 0.2) is 59.5 Å². The summed E-state index contributed by atoms with van der Waals surface area (Å²) < 4.78 is 0.874. The van der Waals surface area contributed by atoms with Crippen LogP contribution in [0.25, 0.3) is 10.9 Å². The number of fused-ring (bicyclic) bond motifs is 1. The molecule has 3 aromatic rings. The largest absolute Gasteiger partial charge is 0.294 e. The molecule has 0 atom stereocenters. The number of ketones is 1. The van der Waals surface area contributed by atoms with E-state index in [2.05, 4.69) is 25.9 Å². The van der Waals surface area contributed by atoms with Crippen molar-refractivity contribution in [2.24, 2.45) is 0 Å². The molecule has 1 aromatic carbocycles. The number of carbonyl (C=O) groups excluding carboxylic acids is 1. The standard InChI is InChI=1S/C16H11BrN2O/c17-13-7-11(9-18-10-13)8-15(20)14-5-1-3-12-4-2-6-19-16(12)14/h1-7,9-10H,8H2. The third-order valence-corrected chi connectivity index (χ3v) is 3.49. The van der Waals surface area contributed by atoms with E-state index in [9.17, 15) is 4.79 Å². The monoisotopic (exact) mass is 326 g/mol. The molecule has 0 saturated carbocycles. The van der Waals surface area contributed by atoms with Gasteiger partial charge >= 0.3 is 0 Å². The minimum absolute atomic E-state index is 0.0502. The highest BCUT2D eigenvalue weighted by Gasteiger charge is 2.11. The smallest absolute Gasteiger partial charge is 0.169 e. The number of hydrogen-bond acceptors (Lipinski definition) is 3. The molecule has 0 amide bonds. The second kappa shape index (κ2) is 5.51. The normalized spacial score (nSPS) is 10.7. The summed E-state index contributed by atoms with van der Waals surface area (Å²) in [5.74, 6) is 0.0502. The van der Waals surface area contributed by atoms with Crippen molar-refractivity contribution in [2.75, 3.05) is 0 Å². The second-order valence-corrected chi connectivity index (χ2v) is 5.41. The van der Waals surface area contributed by atoms with Crippen molar-refractivity contribution in [3.05, 3.63) is 70.6 Å². The number of halogens is 1. The van der Waals surface area contributed by atoms with Gasteiger partial charge in [0, 0.05) is 40.4 Å². The van der Waals surface area contributed by atoms with Crippen molar-refractivity contribution >= 4 is 32.6 Å². The topological polar surface area (TPSA) is 42.9 Å². The Morgan fingerprint density at radius 1 is 1.15 bits per heavy atom. The molecule has 4 heteroatoms. The highest BCUT2D eigenvalue weighted by atomic mass is 79.9. The van der Waals surface area contributed by atoms with E-state index < -0.39 is 0 Å². The van der Waals surface area contributed by atoms with Crippen molar-refractivity contribution in [3.63, 3.8) is 0 Å². The summed E-state index contributed by atoms with van der Waals surface area (Å²) in [6, 6.07) is 11.4. The van der Waals surface area contributed by atoms with Gasteiger partial charge in [-0.05, 0) is 39.7 Å². The fourth-order valence-corrected chi connectivity index (χ4v) is 2.57. The maximum atomic E-state index is 12.5. The summed E-state index contributed by atoms with van der Waals surface area (Å²) in [5, 5.41) is 0.978. The van der Waals surface area contributed by atoms with Crippen LogP contribution in [-0.2, 0) is 6.42 Å². The number of aromatic nitrogens is 2. The lowest BCUT2D eigenvalue weighted by Crippen LogP contribution is -2.05. The number of nitrogens with zero attached hydrogens (tertiary/aromatic N) is 2. The Labute approximate surface area is 124 Å². The summed E-state index contributed by atoms with van der Waals surface area (Å²) in [6.07, 6.45) is 5.44. The molecule has 2 aromatic heterocycles. The van der Waals surface area contributed by atoms with E-state index >= 15 is 0 Å². The first kappa shape index (κ1) is 12.9. The van der Waals surface area contributed by atoms with Crippen molar-refractivity contribution < 1.29 is 4.79 Å². The first-order valence-electron chi connectivity index (χ1n) is 6.20. The molecule has 0 fully saturated rings. The van der Waals surface area contributed by atoms with Gasteiger partial charge in [-0.3, -0.25) is 14.8 Å². The fraction of sp³-hybridized carbons (Fsp3) is 0.0625. The molecular weight excluding hydrogens is 316 g/mol. The SMILES string of the molecule is O=C(Cc1cncc(Br)c1)c1cccc2cccnc12. The molecule has 0 aliphatic rings. The number of hydrogen-bond donors (Lipinski definition) is 0. The van der Waals surface area contributed by atoms with Gasteiger partial charge in [-0.2, -0.15) is 0 Å². The van der Waals surface area contributed by atoms with Crippen LogP contribution in [0, 0.1) is 0 Å². The molecule has 0 N–H and O–H groups in total. The van der Waals surface area contributed by atoms with Crippen LogP contribution in [-0.4, -0.2) is 15.8 Å². The highest BCUT2D eigenvalue weighted by molar-refractivity contribution is 9.10. The minimum atomic E-state index is 0.0502. The Kier molecular flexibility index (Phi) is 3.56. The lowest BCUT2D eigenvalue weighted by Gasteiger charge is -2.05. The average Bonchev–Trinajstić information content (AvgIpc) is 2.46. The molecular formula is C16H11BrN2O. The first-order chi connectivity index (χ1) is 9.74. The van der Waals surface area contributed by atoms with Crippen molar-refractivity contribution in [3.8, 4) is 0 Å². The Morgan fingerprint density at radius 3 is 2.85 bits per heavy atom. The zero-order valence-electron chi connectivity index (χ0n) is 10.6. The van der Waals surface area contributed by atoms with Crippen molar-refractivity contribution in [1.29, 1.82) is 0 Å². The quantitative estimate of drug-likeness (QED) is 0.687. The van der Waals surface area contributed by atoms with Gasteiger partial charge in [-0.15, -0.1) is 0 Å². The van der Waals surface area contributed by atoms with Gasteiger partial charge in [0.05, 0.1) is 5.52 Å². The zero-order valence-corrected chi connectivity index (χ0v) is 12.2. The van der Waals surface area contributed by atoms with Gasteiger partial charge in [-0.25, -0.2) is 0 Å². The van der Waals surface area contributed by atoms with Crippen molar-refractivity contribution in [1.82, 2.24) is 9.97 Å². The van der Waals surface area contributed by atoms with Crippen LogP contribution in [0.1, 0.15) is 15.9 Å². The molecule has 3 rings (SSSR count). The van der Waals surface area contributed by atoms with E-state index in [1.54, 1.807) is 18.6 Å². The van der Waals surface area contributed by atoms with Gasteiger partial charge in [0.15, 0.2) is 5.78 Å². The summed E-state index contributed by atoms with van der Waals surface area (Å²) in [6.45, 7) is 0. The van der Waals surface area contributed by atoms with Crippen LogP contribution < -0.4 is 0 Å². The van der Waals surface area contributed by atoms with Gasteiger partial charge in [0.1, 0.15) is 0 Å². The third kappa shape index (κ3) is 2.60. The van der Waals surface area contributed by atoms with Crippen LogP contribution in [0.5, 0.6) is 0 Å². The molecule has 0 unspecified atom stereocenters. The van der Waals surface area contributed by atoms with E-state index in [0.717, 1.165) is 20.9 Å². The molecule has 98 valence electrons. The molecule has 0 saturated heterocycles. The second-order valence-electron chi connectivity index (χ2n) is 4.49. The third-order valence-electron chi connectivity index (χ3n) is 3.06. The average molecular weight is 327 g/mol. The van der Waals surface area contributed by atoms with Gasteiger partial charge in [-0.1, -0.05) is 18.2 Å². The molecule has 0 aliphatic heterocycles. The van der Waals surface area contributed by atoms with Crippen LogP contribution in [0.2, 0.25) is 0 Å². The number of carbonyl (C=O) groups is 1. The van der Waals surface area contributed by atoms with E-state index in [0.29, 0.717) is 12.0 Å². The maximum absolute atomic E-state index is 12.5. The van der Waals surface area contributed by atoms with E-state index in [1.807, 2.05) is 36.4 Å². The number of Topliss-reactive ketones (excluding diaryl/α,β-unsaturated/α-hetero) is 1. The molecule has 3 nitrogen and oxygen atoms in total. The molecule has 2 heterocycles. The number of pyridine rings is 2. The van der Waals surface area contributed by atoms with Crippen molar-refractivity contribution in [2.45, 2.75) is 6.42 Å². The maximum Gasteiger partial charge on any atom is 0.169 e. The summed E-state index contributed by atoms with van der Waals surface area (Å²) in [5.41, 5.74) is 2.29. The molecule has 0 aliphatic carbocycles. The molecule has 0 bridgehead atoms. The Bertz CT molecular complexity index is 781. The predicted molar refractivity (Wildman–Crippen MR) is 81.7 cm³/mol. The number of benzene rings is 1. The first-order valence-corrected chi connectivity index (χ1v) is 7.00. The highest BCUT2D eigenvalue weighted by Crippen LogP contribution is 2.18. The lowest BCUT2D eigenvalue weighted by atomic mass is 10.0. The van der Waals surface area contributed by atoms with Crippen LogP contribution in [0.4, 0.5) is 0 Å². The molecule has 20 heavy (non-hydrogen) atoms. The van der Waals surface area contributed by atoms with E-state index in [4.69, 9.17) is 0 Å². The lowest BCUT2D eigenvalue weighted by molar-refractivity contribution is 0.0994. The molecule has 0 radical (unpaired) electrons. The Hall–Kier alpha value is -2.07. The van der Waals surface area contributed by atoms with Gasteiger partial charge < -0.3 is 0 Å². The van der Waals surface area contributed by atoms with Gasteiger partial charge in [0.2, 0.25) is 0 Å². The summed E-state index contributed by atoms with van der Waals surface area (Å²) in [4.78, 5) is 20.9. The molecule has 0 spiro atoms. The van der Waals surface area contributed by atoms with Crippen LogP contribution >= 0.6 is 15.9 Å². The Morgan fingerprint density at radius 2 is 2.00 bits per heavy atom. The van der Waals surface area contributed by atoms with Gasteiger partial charge in [0.25, 0.3) is 0 Å². The predicted octanol–water partition coefficient (Wildman–Crippen LogP) is 3.82. The van der Waals surface area contributed by atoms with E-state index in [-0.39, 0.29) is 5.78 Å². The summed E-state index contributed by atoms with van der Waals surface area (Å²) >= 11 is 3.36. The fourth-order valence-electron chi connectivity index (χ4n) is 2.16. The number of para-hydroxylation sites is 1. The Balaban J connectivity index is 1.97. The van der Waals surface area contributed by atoms with Crippen LogP contribution in [0.3, 0.4) is 0 Å². The minimum Gasteiger partial charge on any atom is -0.294 e.